The topological polar surface area (TPSA) is 26.0 Å². The number of furan rings is 1. The highest BCUT2D eigenvalue weighted by atomic mass is 79.9. The lowest BCUT2D eigenvalue weighted by molar-refractivity contribution is 0.568. The van der Waals surface area contributed by atoms with Gasteiger partial charge < -0.3 is 4.42 Å². The fraction of sp³-hybridized carbons (Fsp3) is 0. The summed E-state index contributed by atoms with van der Waals surface area (Å²) < 4.78 is 5.82. The van der Waals surface area contributed by atoms with E-state index in [1.807, 2.05) is 11.4 Å². The second kappa shape index (κ2) is 2.79. The number of hydrogen-bond donors (Lipinski definition) is 0. The number of aromatic nitrogens is 1. The van der Waals surface area contributed by atoms with E-state index in [1.54, 1.807) is 23.9 Å². The van der Waals surface area contributed by atoms with Crippen LogP contribution in [0.2, 0.25) is 0 Å². The standard InChI is InChI=1S/C7H4BrNOS/c8-7-9-6(4-11-7)5-1-2-10-3-5/h1-4H. The SMILES string of the molecule is Brc1nc(-c2ccoc2)cs1. The average Bonchev–Trinajstić information content (AvgIpc) is 2.55. The smallest absolute Gasteiger partial charge is 0.159 e. The van der Waals surface area contributed by atoms with E-state index in [1.165, 1.54) is 0 Å². The van der Waals surface area contributed by atoms with Gasteiger partial charge in [0, 0.05) is 10.9 Å². The number of nitrogens with zero attached hydrogens (tertiary/aromatic N) is 1. The monoisotopic (exact) mass is 229 g/mol. The molecule has 2 heterocycles. The summed E-state index contributed by atoms with van der Waals surface area (Å²) >= 11 is 4.86. The minimum Gasteiger partial charge on any atom is -0.472 e. The lowest BCUT2D eigenvalue weighted by Gasteiger charge is -1.83. The molecule has 11 heavy (non-hydrogen) atoms. The molecule has 0 aliphatic carbocycles. The molecular weight excluding hydrogens is 226 g/mol. The molecular formula is C7H4BrNOS. The minimum absolute atomic E-state index is 0.897. The van der Waals surface area contributed by atoms with Gasteiger partial charge in [-0.25, -0.2) is 4.98 Å². The Morgan fingerprint density at radius 2 is 2.45 bits per heavy atom. The van der Waals surface area contributed by atoms with Crippen molar-refractivity contribution in [3.63, 3.8) is 0 Å². The van der Waals surface area contributed by atoms with Crippen LogP contribution in [-0.4, -0.2) is 4.98 Å². The van der Waals surface area contributed by atoms with Crippen molar-refractivity contribution in [2.24, 2.45) is 0 Å². The van der Waals surface area contributed by atoms with Gasteiger partial charge in [0.1, 0.15) is 0 Å². The van der Waals surface area contributed by atoms with Gasteiger partial charge in [-0.15, -0.1) is 11.3 Å². The maximum Gasteiger partial charge on any atom is 0.159 e. The Morgan fingerprint density at radius 3 is 3.00 bits per heavy atom. The quantitative estimate of drug-likeness (QED) is 0.751. The summed E-state index contributed by atoms with van der Waals surface area (Å²) in [5.41, 5.74) is 1.97. The van der Waals surface area contributed by atoms with E-state index in [9.17, 15) is 0 Å². The van der Waals surface area contributed by atoms with E-state index < -0.39 is 0 Å². The minimum atomic E-state index is 0.897. The average molecular weight is 230 g/mol. The van der Waals surface area contributed by atoms with E-state index in [0.29, 0.717) is 0 Å². The summed E-state index contributed by atoms with van der Waals surface area (Å²) in [6.45, 7) is 0. The second-order valence-corrected chi connectivity index (χ2v) is 4.13. The first kappa shape index (κ1) is 7.06. The molecule has 4 heteroatoms. The molecule has 2 rings (SSSR count). The van der Waals surface area contributed by atoms with Gasteiger partial charge in [0.15, 0.2) is 3.92 Å². The van der Waals surface area contributed by atoms with Gasteiger partial charge in [0.05, 0.1) is 18.2 Å². The van der Waals surface area contributed by atoms with Crippen LogP contribution in [0.4, 0.5) is 0 Å². The van der Waals surface area contributed by atoms with Crippen LogP contribution in [0.3, 0.4) is 0 Å². The van der Waals surface area contributed by atoms with Gasteiger partial charge >= 0.3 is 0 Å². The summed E-state index contributed by atoms with van der Waals surface area (Å²) in [7, 11) is 0. The molecule has 0 saturated heterocycles. The van der Waals surface area contributed by atoms with Crippen LogP contribution in [0.5, 0.6) is 0 Å². The van der Waals surface area contributed by atoms with Crippen LogP contribution in [0, 0.1) is 0 Å². The number of hydrogen-bond acceptors (Lipinski definition) is 3. The Kier molecular flexibility index (Phi) is 1.79. The zero-order chi connectivity index (χ0) is 7.68. The predicted molar refractivity (Wildman–Crippen MR) is 47.5 cm³/mol. The van der Waals surface area contributed by atoms with E-state index in [0.717, 1.165) is 15.2 Å². The van der Waals surface area contributed by atoms with Crippen LogP contribution in [0.25, 0.3) is 11.3 Å². The van der Waals surface area contributed by atoms with Crippen molar-refractivity contribution in [1.29, 1.82) is 0 Å². The van der Waals surface area contributed by atoms with E-state index in [-0.39, 0.29) is 0 Å². The lowest BCUT2D eigenvalue weighted by atomic mass is 10.3. The number of thiazole rings is 1. The Balaban J connectivity index is 2.45. The third kappa shape index (κ3) is 1.36. The van der Waals surface area contributed by atoms with E-state index in [4.69, 9.17) is 4.42 Å². The third-order valence-corrected chi connectivity index (χ3v) is 2.66. The molecule has 0 aliphatic rings. The van der Waals surface area contributed by atoms with Crippen LogP contribution < -0.4 is 0 Å². The van der Waals surface area contributed by atoms with Crippen LogP contribution in [0.15, 0.2) is 32.3 Å². The Bertz CT molecular complexity index is 341. The van der Waals surface area contributed by atoms with E-state index >= 15 is 0 Å². The molecule has 0 saturated carbocycles. The molecule has 0 spiro atoms. The maximum atomic E-state index is 4.93. The number of rotatable bonds is 1. The van der Waals surface area contributed by atoms with Gasteiger partial charge in [0.2, 0.25) is 0 Å². The van der Waals surface area contributed by atoms with Crippen molar-refractivity contribution in [3.8, 4) is 11.3 Å². The Morgan fingerprint density at radius 1 is 1.55 bits per heavy atom. The molecule has 0 amide bonds. The van der Waals surface area contributed by atoms with Crippen molar-refractivity contribution in [2.75, 3.05) is 0 Å². The molecule has 0 fully saturated rings. The summed E-state index contributed by atoms with van der Waals surface area (Å²) in [5, 5.41) is 1.98. The van der Waals surface area contributed by atoms with Crippen LogP contribution >= 0.6 is 27.3 Å². The zero-order valence-corrected chi connectivity index (χ0v) is 7.85. The molecule has 0 radical (unpaired) electrons. The fourth-order valence-electron chi connectivity index (χ4n) is 0.795. The summed E-state index contributed by atoms with van der Waals surface area (Å²) in [6, 6.07) is 1.89. The molecule has 0 N–H and O–H groups in total. The molecule has 2 aromatic heterocycles. The Hall–Kier alpha value is -0.610. The highest BCUT2D eigenvalue weighted by Crippen LogP contribution is 2.24. The largest absolute Gasteiger partial charge is 0.472 e. The molecule has 0 bridgehead atoms. The van der Waals surface area contributed by atoms with Gasteiger partial charge in [-0.1, -0.05) is 0 Å². The normalized spacial score (nSPS) is 10.3. The molecule has 0 aliphatic heterocycles. The van der Waals surface area contributed by atoms with Crippen molar-refractivity contribution in [1.82, 2.24) is 4.98 Å². The molecule has 0 aromatic carbocycles. The second-order valence-electron chi connectivity index (χ2n) is 2.00. The molecule has 0 unspecified atom stereocenters. The van der Waals surface area contributed by atoms with Crippen LogP contribution in [0.1, 0.15) is 0 Å². The molecule has 2 aromatic rings. The molecule has 2 nitrogen and oxygen atoms in total. The van der Waals surface area contributed by atoms with Gasteiger partial charge in [0.25, 0.3) is 0 Å². The van der Waals surface area contributed by atoms with Gasteiger partial charge in [-0.3, -0.25) is 0 Å². The first-order valence-electron chi connectivity index (χ1n) is 3.00. The summed E-state index contributed by atoms with van der Waals surface area (Å²) in [4.78, 5) is 4.23. The Labute approximate surface area is 76.0 Å². The first-order valence-corrected chi connectivity index (χ1v) is 4.67. The zero-order valence-electron chi connectivity index (χ0n) is 5.45. The third-order valence-electron chi connectivity index (χ3n) is 1.29. The lowest BCUT2D eigenvalue weighted by Crippen LogP contribution is -1.69. The van der Waals surface area contributed by atoms with Crippen LogP contribution in [-0.2, 0) is 0 Å². The van der Waals surface area contributed by atoms with Crippen molar-refractivity contribution < 1.29 is 4.42 Å². The maximum absolute atomic E-state index is 4.93. The highest BCUT2D eigenvalue weighted by Gasteiger charge is 2.02. The van der Waals surface area contributed by atoms with E-state index in [2.05, 4.69) is 20.9 Å². The van der Waals surface area contributed by atoms with Crippen molar-refractivity contribution >= 4 is 27.3 Å². The highest BCUT2D eigenvalue weighted by molar-refractivity contribution is 9.11. The van der Waals surface area contributed by atoms with Gasteiger partial charge in [-0.2, -0.15) is 0 Å². The van der Waals surface area contributed by atoms with Gasteiger partial charge in [-0.05, 0) is 22.0 Å². The van der Waals surface area contributed by atoms with Crippen molar-refractivity contribution in [2.45, 2.75) is 0 Å². The summed E-state index contributed by atoms with van der Waals surface area (Å²) in [5.74, 6) is 0. The molecule has 56 valence electrons. The fourth-order valence-corrected chi connectivity index (χ4v) is 1.81. The van der Waals surface area contributed by atoms with Crippen molar-refractivity contribution in [3.05, 3.63) is 27.9 Å². The number of halogens is 1. The summed E-state index contributed by atoms with van der Waals surface area (Å²) in [6.07, 6.45) is 3.32. The predicted octanol–water partition coefficient (Wildman–Crippen LogP) is 3.17. The first-order chi connectivity index (χ1) is 5.36. The molecule has 0 atom stereocenters.